The molecule has 0 spiro atoms. The van der Waals surface area contributed by atoms with E-state index in [-0.39, 0.29) is 0 Å². The van der Waals surface area contributed by atoms with Crippen LogP contribution in [0.25, 0.3) is 0 Å². The first kappa shape index (κ1) is 13.6. The number of nitrogens with one attached hydrogen (secondary N) is 2. The number of nitrogens with zero attached hydrogens (tertiary/aromatic N) is 2. The van der Waals surface area contributed by atoms with E-state index in [0.29, 0.717) is 0 Å². The van der Waals surface area contributed by atoms with Gasteiger partial charge in [0.25, 0.3) is 0 Å². The van der Waals surface area contributed by atoms with Crippen molar-refractivity contribution in [3.8, 4) is 0 Å². The van der Waals surface area contributed by atoms with Crippen molar-refractivity contribution in [3.05, 3.63) is 18.3 Å². The number of piperidine rings is 1. The highest BCUT2D eigenvalue weighted by molar-refractivity contribution is 5.48. The second kappa shape index (κ2) is 6.90. The van der Waals surface area contributed by atoms with Crippen LogP contribution in [0.15, 0.2) is 18.3 Å². The molecule has 110 valence electrons. The van der Waals surface area contributed by atoms with Crippen molar-refractivity contribution >= 4 is 11.5 Å². The first-order chi connectivity index (χ1) is 9.92. The first-order valence-electron chi connectivity index (χ1n) is 7.65. The van der Waals surface area contributed by atoms with Crippen molar-refractivity contribution in [3.63, 3.8) is 0 Å². The Morgan fingerprint density at radius 1 is 1.25 bits per heavy atom. The number of hydrogen-bond acceptors (Lipinski definition) is 5. The molecule has 3 rings (SSSR count). The minimum Gasteiger partial charge on any atom is -0.384 e. The molecule has 0 amide bonds. The average molecular weight is 276 g/mol. The Balaban J connectivity index is 1.50. The largest absolute Gasteiger partial charge is 0.384 e. The smallest absolute Gasteiger partial charge is 0.128 e. The van der Waals surface area contributed by atoms with Gasteiger partial charge >= 0.3 is 0 Å². The Hall–Kier alpha value is -1.33. The van der Waals surface area contributed by atoms with Crippen LogP contribution in [-0.4, -0.2) is 50.9 Å². The van der Waals surface area contributed by atoms with Crippen molar-refractivity contribution in [1.82, 2.24) is 10.3 Å². The van der Waals surface area contributed by atoms with Crippen LogP contribution >= 0.6 is 0 Å². The van der Waals surface area contributed by atoms with Crippen molar-refractivity contribution in [2.75, 3.05) is 56.2 Å². The minimum absolute atomic E-state index is 0.787. The molecule has 1 aromatic rings. The van der Waals surface area contributed by atoms with Gasteiger partial charge in [-0.25, -0.2) is 4.98 Å². The molecular weight excluding hydrogens is 252 g/mol. The van der Waals surface area contributed by atoms with Crippen molar-refractivity contribution < 1.29 is 4.74 Å². The lowest BCUT2D eigenvalue weighted by Gasteiger charge is -2.28. The molecule has 1 aromatic heterocycles. The summed E-state index contributed by atoms with van der Waals surface area (Å²) < 4.78 is 5.36. The Labute approximate surface area is 120 Å². The topological polar surface area (TPSA) is 49.4 Å². The van der Waals surface area contributed by atoms with Gasteiger partial charge in [0.15, 0.2) is 0 Å². The predicted octanol–water partition coefficient (Wildman–Crippen LogP) is 1.33. The summed E-state index contributed by atoms with van der Waals surface area (Å²) in [4.78, 5) is 6.84. The number of morpholine rings is 1. The van der Waals surface area contributed by atoms with Crippen LogP contribution in [0, 0.1) is 5.92 Å². The van der Waals surface area contributed by atoms with Crippen molar-refractivity contribution in [2.24, 2.45) is 5.92 Å². The van der Waals surface area contributed by atoms with E-state index in [4.69, 9.17) is 4.74 Å². The standard InChI is InChI=1S/C15H24N4O/c1-2-15(19-7-9-20-10-8-19)18-12-14(1)17-11-13-3-5-16-6-4-13/h1-2,12-13,16-17H,3-11H2. The van der Waals surface area contributed by atoms with Crippen molar-refractivity contribution in [1.29, 1.82) is 0 Å². The minimum atomic E-state index is 0.787. The molecule has 2 N–H and O–H groups in total. The second-order valence-corrected chi connectivity index (χ2v) is 5.58. The summed E-state index contributed by atoms with van der Waals surface area (Å²) in [6.07, 6.45) is 4.49. The van der Waals surface area contributed by atoms with Gasteiger partial charge in [-0.05, 0) is 44.0 Å². The van der Waals surface area contributed by atoms with Crippen molar-refractivity contribution in [2.45, 2.75) is 12.8 Å². The Kier molecular flexibility index (Phi) is 4.71. The summed E-state index contributed by atoms with van der Waals surface area (Å²) in [5, 5.41) is 6.91. The summed E-state index contributed by atoms with van der Waals surface area (Å²) in [7, 11) is 0. The van der Waals surface area contributed by atoms with Crippen LogP contribution in [-0.2, 0) is 4.74 Å². The molecule has 2 fully saturated rings. The van der Waals surface area contributed by atoms with E-state index < -0.39 is 0 Å². The maximum absolute atomic E-state index is 5.36. The summed E-state index contributed by atoms with van der Waals surface area (Å²) in [6, 6.07) is 4.24. The third-order valence-corrected chi connectivity index (χ3v) is 4.14. The highest BCUT2D eigenvalue weighted by Crippen LogP contribution is 2.17. The number of pyridine rings is 1. The van der Waals surface area contributed by atoms with Gasteiger partial charge in [-0.1, -0.05) is 0 Å². The third kappa shape index (κ3) is 3.61. The zero-order valence-corrected chi connectivity index (χ0v) is 12.0. The van der Waals surface area contributed by atoms with Gasteiger partial charge in [0.2, 0.25) is 0 Å². The summed E-state index contributed by atoms with van der Waals surface area (Å²) >= 11 is 0. The quantitative estimate of drug-likeness (QED) is 0.869. The summed E-state index contributed by atoms with van der Waals surface area (Å²) in [6.45, 7) is 6.85. The number of rotatable bonds is 4. The molecule has 2 saturated heterocycles. The maximum Gasteiger partial charge on any atom is 0.128 e. The van der Waals surface area contributed by atoms with Crippen LogP contribution in [0.3, 0.4) is 0 Å². The van der Waals surface area contributed by atoms with Gasteiger partial charge in [-0.2, -0.15) is 0 Å². The molecule has 3 heterocycles. The van der Waals surface area contributed by atoms with E-state index in [1.54, 1.807) is 0 Å². The molecule has 0 atom stereocenters. The number of anilines is 2. The first-order valence-corrected chi connectivity index (χ1v) is 7.65. The number of hydrogen-bond donors (Lipinski definition) is 2. The Morgan fingerprint density at radius 2 is 2.05 bits per heavy atom. The van der Waals surface area contributed by atoms with E-state index in [0.717, 1.165) is 63.4 Å². The van der Waals surface area contributed by atoms with Crippen LogP contribution < -0.4 is 15.5 Å². The molecule has 5 nitrogen and oxygen atoms in total. The van der Waals surface area contributed by atoms with E-state index >= 15 is 0 Å². The monoisotopic (exact) mass is 276 g/mol. The van der Waals surface area contributed by atoms with Crippen LogP contribution in [0.1, 0.15) is 12.8 Å². The molecule has 2 aliphatic rings. The molecule has 2 aliphatic heterocycles. The number of ether oxygens (including phenoxy) is 1. The van der Waals surface area contributed by atoms with Crippen LogP contribution in [0.2, 0.25) is 0 Å². The van der Waals surface area contributed by atoms with Gasteiger partial charge < -0.3 is 20.3 Å². The van der Waals surface area contributed by atoms with E-state index in [2.05, 4.69) is 32.7 Å². The molecule has 0 unspecified atom stereocenters. The molecule has 0 bridgehead atoms. The number of aromatic nitrogens is 1. The third-order valence-electron chi connectivity index (χ3n) is 4.14. The lowest BCUT2D eigenvalue weighted by molar-refractivity contribution is 0.122. The highest BCUT2D eigenvalue weighted by atomic mass is 16.5. The van der Waals surface area contributed by atoms with Gasteiger partial charge in [0, 0.05) is 19.6 Å². The summed E-state index contributed by atoms with van der Waals surface area (Å²) in [5.74, 6) is 1.84. The van der Waals surface area contributed by atoms with E-state index in [1.165, 1.54) is 12.8 Å². The normalized spacial score (nSPS) is 20.9. The fourth-order valence-electron chi connectivity index (χ4n) is 2.82. The molecule has 5 heteroatoms. The molecule has 20 heavy (non-hydrogen) atoms. The lowest BCUT2D eigenvalue weighted by Crippen LogP contribution is -2.36. The van der Waals surface area contributed by atoms with Crippen LogP contribution in [0.4, 0.5) is 11.5 Å². The second-order valence-electron chi connectivity index (χ2n) is 5.58. The fourth-order valence-corrected chi connectivity index (χ4v) is 2.82. The Bertz CT molecular complexity index is 397. The van der Waals surface area contributed by atoms with Gasteiger partial charge in [-0.15, -0.1) is 0 Å². The average Bonchev–Trinajstić information content (AvgIpc) is 2.55. The van der Waals surface area contributed by atoms with E-state index in [1.807, 2.05) is 6.20 Å². The zero-order chi connectivity index (χ0) is 13.6. The molecule has 0 aromatic carbocycles. The molecular formula is C15H24N4O. The van der Waals surface area contributed by atoms with Gasteiger partial charge in [0.05, 0.1) is 25.1 Å². The Morgan fingerprint density at radius 3 is 2.75 bits per heavy atom. The van der Waals surface area contributed by atoms with Crippen LogP contribution in [0.5, 0.6) is 0 Å². The summed E-state index contributed by atoms with van der Waals surface area (Å²) in [5.41, 5.74) is 1.13. The lowest BCUT2D eigenvalue weighted by atomic mass is 9.98. The molecule has 0 saturated carbocycles. The predicted molar refractivity (Wildman–Crippen MR) is 81.4 cm³/mol. The fraction of sp³-hybridized carbons (Fsp3) is 0.667. The SMILES string of the molecule is c1cc(N2CCOCC2)ncc1NCC1CCNCC1. The van der Waals surface area contributed by atoms with E-state index in [9.17, 15) is 0 Å². The molecule has 0 aliphatic carbocycles. The molecule has 0 radical (unpaired) electrons. The van der Waals surface area contributed by atoms with Gasteiger partial charge in [0.1, 0.15) is 5.82 Å². The highest BCUT2D eigenvalue weighted by Gasteiger charge is 2.14. The van der Waals surface area contributed by atoms with Gasteiger partial charge in [-0.3, -0.25) is 0 Å². The zero-order valence-electron chi connectivity index (χ0n) is 12.0. The maximum atomic E-state index is 5.36.